The lowest BCUT2D eigenvalue weighted by Gasteiger charge is -2.27. The third kappa shape index (κ3) is 6.47. The van der Waals surface area contributed by atoms with Crippen molar-refractivity contribution in [3.63, 3.8) is 0 Å². The second-order valence-corrected chi connectivity index (χ2v) is 8.83. The molecule has 192 valence electrons. The first-order valence-electron chi connectivity index (χ1n) is 12.1. The number of hydrogen-bond donors (Lipinski definition) is 2. The fourth-order valence-corrected chi connectivity index (χ4v) is 4.38. The maximum atomic E-state index is 12.4. The molecule has 0 saturated heterocycles. The number of benzene rings is 1. The van der Waals surface area contributed by atoms with Crippen LogP contribution in [0.25, 0.3) is 0 Å². The Hall–Kier alpha value is -4.31. The number of anilines is 5. The molecule has 1 aliphatic carbocycles. The Balaban J connectivity index is 1.68. The van der Waals surface area contributed by atoms with Crippen molar-refractivity contribution in [1.29, 1.82) is 0 Å². The lowest BCUT2D eigenvalue weighted by molar-refractivity contribution is -0.112. The van der Waals surface area contributed by atoms with E-state index in [0.717, 1.165) is 18.4 Å². The first-order chi connectivity index (χ1) is 18.0. The van der Waals surface area contributed by atoms with Crippen LogP contribution in [0, 0.1) is 0 Å². The number of methoxy groups -OCH3 is 1. The second kappa shape index (κ2) is 12.1. The van der Waals surface area contributed by atoms with E-state index in [-0.39, 0.29) is 5.91 Å². The minimum absolute atomic E-state index is 0.317. The first kappa shape index (κ1) is 25.8. The molecule has 0 bridgehead atoms. The van der Waals surface area contributed by atoms with Crippen molar-refractivity contribution in [2.75, 3.05) is 29.7 Å². The molecule has 2 heterocycles. The van der Waals surface area contributed by atoms with Gasteiger partial charge in [-0.1, -0.05) is 25.5 Å². The van der Waals surface area contributed by atoms with Gasteiger partial charge in [-0.3, -0.25) is 19.4 Å². The molecule has 0 unspecified atom stereocenters. The first-order valence-corrected chi connectivity index (χ1v) is 12.1. The Bertz CT molecular complexity index is 1240. The Morgan fingerprint density at radius 1 is 1.16 bits per heavy atom. The quantitative estimate of drug-likeness (QED) is 0.293. The van der Waals surface area contributed by atoms with E-state index < -0.39 is 0 Å². The van der Waals surface area contributed by atoms with Crippen molar-refractivity contribution in [3.05, 3.63) is 67.0 Å². The van der Waals surface area contributed by atoms with Gasteiger partial charge in [-0.05, 0) is 50.2 Å². The normalized spacial score (nSPS) is 13.3. The van der Waals surface area contributed by atoms with E-state index in [1.165, 1.54) is 23.8 Å². The Morgan fingerprint density at radius 2 is 1.97 bits per heavy atom. The second-order valence-electron chi connectivity index (χ2n) is 8.83. The lowest BCUT2D eigenvalue weighted by atomic mass is 10.2. The predicted octanol–water partition coefficient (Wildman–Crippen LogP) is 4.42. The van der Waals surface area contributed by atoms with Gasteiger partial charge in [-0.15, -0.1) is 0 Å². The van der Waals surface area contributed by atoms with Gasteiger partial charge in [0.05, 0.1) is 24.7 Å². The number of carbonyl (C=O) groups excluding carboxylic acids is 2. The van der Waals surface area contributed by atoms with Crippen molar-refractivity contribution >= 4 is 41.1 Å². The summed E-state index contributed by atoms with van der Waals surface area (Å²) in [7, 11) is 3.64. The van der Waals surface area contributed by atoms with Crippen LogP contribution in [0.4, 0.5) is 28.8 Å². The highest BCUT2D eigenvalue weighted by Gasteiger charge is 2.23. The van der Waals surface area contributed by atoms with Crippen LogP contribution in [-0.2, 0) is 16.1 Å². The number of carbonyl (C=O) groups is 2. The molecule has 10 heteroatoms. The van der Waals surface area contributed by atoms with Crippen molar-refractivity contribution in [2.24, 2.45) is 0 Å². The summed E-state index contributed by atoms with van der Waals surface area (Å²) in [6.45, 7) is 4.07. The number of nitrogens with zero attached hydrogens (tertiary/aromatic N) is 5. The SMILES string of the molecule is C=CC(=O)Nc1cccc(N(C=O)c2nc(Nc3ccc(OC)nc3)ncc2CN(C)C2CCCC2)c1. The summed E-state index contributed by atoms with van der Waals surface area (Å²) in [4.78, 5) is 41.4. The van der Waals surface area contributed by atoms with Crippen LogP contribution in [0.3, 0.4) is 0 Å². The molecule has 2 amide bonds. The summed E-state index contributed by atoms with van der Waals surface area (Å²) >= 11 is 0. The molecule has 0 spiro atoms. The van der Waals surface area contributed by atoms with Crippen LogP contribution in [0.5, 0.6) is 5.88 Å². The van der Waals surface area contributed by atoms with Gasteiger partial charge in [0.15, 0.2) is 0 Å². The summed E-state index contributed by atoms with van der Waals surface area (Å²) in [5.74, 6) is 0.923. The number of aromatic nitrogens is 3. The van der Waals surface area contributed by atoms with Gasteiger partial charge in [-0.2, -0.15) is 4.98 Å². The molecule has 2 aromatic heterocycles. The molecule has 0 atom stereocenters. The molecular formula is C27H31N7O3. The lowest BCUT2D eigenvalue weighted by Crippen LogP contribution is -2.30. The average molecular weight is 502 g/mol. The van der Waals surface area contributed by atoms with Crippen LogP contribution in [-0.4, -0.2) is 52.4 Å². The van der Waals surface area contributed by atoms with Crippen molar-refractivity contribution in [2.45, 2.75) is 38.3 Å². The zero-order valence-corrected chi connectivity index (χ0v) is 21.1. The molecule has 1 aromatic carbocycles. The number of pyridine rings is 1. The third-order valence-corrected chi connectivity index (χ3v) is 6.32. The molecule has 0 radical (unpaired) electrons. The van der Waals surface area contributed by atoms with E-state index in [4.69, 9.17) is 9.72 Å². The average Bonchev–Trinajstić information content (AvgIpc) is 3.46. The van der Waals surface area contributed by atoms with E-state index in [0.29, 0.717) is 53.7 Å². The molecule has 4 rings (SSSR count). The molecular weight excluding hydrogens is 470 g/mol. The van der Waals surface area contributed by atoms with Crippen molar-refractivity contribution in [1.82, 2.24) is 19.9 Å². The zero-order chi connectivity index (χ0) is 26.2. The maximum Gasteiger partial charge on any atom is 0.247 e. The van der Waals surface area contributed by atoms with Crippen LogP contribution < -0.4 is 20.3 Å². The highest BCUT2D eigenvalue weighted by molar-refractivity contribution is 5.99. The monoisotopic (exact) mass is 501 g/mol. The highest BCUT2D eigenvalue weighted by atomic mass is 16.5. The smallest absolute Gasteiger partial charge is 0.247 e. The summed E-state index contributed by atoms with van der Waals surface area (Å²) in [5, 5.41) is 5.87. The van der Waals surface area contributed by atoms with Crippen LogP contribution in [0.1, 0.15) is 31.2 Å². The molecule has 1 aliphatic rings. The molecule has 10 nitrogen and oxygen atoms in total. The summed E-state index contributed by atoms with van der Waals surface area (Å²) in [6.07, 6.45) is 10.0. The number of amides is 2. The zero-order valence-electron chi connectivity index (χ0n) is 21.1. The van der Waals surface area contributed by atoms with Gasteiger partial charge < -0.3 is 15.4 Å². The van der Waals surface area contributed by atoms with Gasteiger partial charge in [-0.25, -0.2) is 9.97 Å². The van der Waals surface area contributed by atoms with E-state index >= 15 is 0 Å². The largest absolute Gasteiger partial charge is 0.481 e. The summed E-state index contributed by atoms with van der Waals surface area (Å²) < 4.78 is 5.12. The van der Waals surface area contributed by atoms with Crippen LogP contribution >= 0.6 is 0 Å². The van der Waals surface area contributed by atoms with Gasteiger partial charge in [0.1, 0.15) is 5.82 Å². The minimum atomic E-state index is -0.338. The van der Waals surface area contributed by atoms with E-state index in [9.17, 15) is 9.59 Å². The van der Waals surface area contributed by atoms with Crippen molar-refractivity contribution < 1.29 is 14.3 Å². The fraction of sp³-hybridized carbons (Fsp3) is 0.296. The number of nitrogens with one attached hydrogen (secondary N) is 2. The van der Waals surface area contributed by atoms with Crippen LogP contribution in [0.15, 0.2) is 61.4 Å². The van der Waals surface area contributed by atoms with Gasteiger partial charge in [0.25, 0.3) is 0 Å². The standard InChI is InChI=1S/C27H31N7O3/c1-4-24(36)30-20-8-7-11-23(14-20)34(18-35)26-19(17-33(2)22-9-5-6-10-22)15-29-27(32-26)31-21-12-13-25(37-3)28-16-21/h4,7-8,11-16,18,22H,1,5-6,9-10,17H2,2-3H3,(H,30,36)(H,29,31,32). The summed E-state index contributed by atoms with van der Waals surface area (Å²) in [6, 6.07) is 11.0. The molecule has 37 heavy (non-hydrogen) atoms. The minimum Gasteiger partial charge on any atom is -0.481 e. The van der Waals surface area contributed by atoms with Gasteiger partial charge in [0, 0.05) is 36.1 Å². The molecule has 1 fully saturated rings. The molecule has 3 aromatic rings. The molecule has 2 N–H and O–H groups in total. The topological polar surface area (TPSA) is 113 Å². The summed E-state index contributed by atoms with van der Waals surface area (Å²) in [5.41, 5.74) is 2.57. The molecule has 0 aliphatic heterocycles. The van der Waals surface area contributed by atoms with Gasteiger partial charge in [0.2, 0.25) is 24.1 Å². The predicted molar refractivity (Wildman–Crippen MR) is 143 cm³/mol. The molecule has 1 saturated carbocycles. The highest BCUT2D eigenvalue weighted by Crippen LogP contribution is 2.31. The third-order valence-electron chi connectivity index (χ3n) is 6.32. The Kier molecular flexibility index (Phi) is 8.42. The van der Waals surface area contributed by atoms with E-state index in [2.05, 4.69) is 39.1 Å². The Labute approximate surface area is 216 Å². The number of hydrogen-bond acceptors (Lipinski definition) is 8. The number of rotatable bonds is 11. The van der Waals surface area contributed by atoms with E-state index in [1.54, 1.807) is 55.9 Å². The fourth-order valence-electron chi connectivity index (χ4n) is 4.38. The Morgan fingerprint density at radius 3 is 2.65 bits per heavy atom. The maximum absolute atomic E-state index is 12.4. The van der Waals surface area contributed by atoms with E-state index in [1.807, 2.05) is 0 Å². The van der Waals surface area contributed by atoms with Crippen LogP contribution in [0.2, 0.25) is 0 Å². The number of ether oxygens (including phenoxy) is 1. The van der Waals surface area contributed by atoms with Gasteiger partial charge >= 0.3 is 0 Å². The van der Waals surface area contributed by atoms with Crippen molar-refractivity contribution in [3.8, 4) is 5.88 Å².